The summed E-state index contributed by atoms with van der Waals surface area (Å²) in [5.41, 5.74) is 1.08. The topological polar surface area (TPSA) is 85.3 Å². The van der Waals surface area contributed by atoms with E-state index >= 15 is 0 Å². The fraction of sp³-hybridized carbons (Fsp3) is 0.353. The Morgan fingerprint density at radius 3 is 2.64 bits per heavy atom. The number of para-hydroxylation sites is 1. The highest BCUT2D eigenvalue weighted by atomic mass is 16.3. The SMILES string of the molecule is Cn1c(=O)n(CCCO)c(=O)c2c1nc1n2CCN1c1ccccc1. The largest absolute Gasteiger partial charge is 0.396 e. The van der Waals surface area contributed by atoms with Crippen LogP contribution >= 0.6 is 0 Å². The van der Waals surface area contributed by atoms with Crippen molar-refractivity contribution in [3.8, 4) is 0 Å². The second kappa shape index (κ2) is 5.89. The lowest BCUT2D eigenvalue weighted by Gasteiger charge is -2.15. The Kier molecular flexibility index (Phi) is 3.69. The van der Waals surface area contributed by atoms with Gasteiger partial charge in [0, 0.05) is 39.0 Å². The lowest BCUT2D eigenvalue weighted by Crippen LogP contribution is -2.39. The zero-order chi connectivity index (χ0) is 17.6. The summed E-state index contributed by atoms with van der Waals surface area (Å²) in [6.07, 6.45) is 0.359. The second-order valence-electron chi connectivity index (χ2n) is 6.10. The van der Waals surface area contributed by atoms with E-state index in [-0.39, 0.29) is 18.7 Å². The van der Waals surface area contributed by atoms with Gasteiger partial charge in [0.25, 0.3) is 5.56 Å². The Labute approximate surface area is 143 Å². The molecule has 2 aromatic heterocycles. The molecule has 1 N–H and O–H groups in total. The number of imidazole rings is 1. The number of rotatable bonds is 4. The van der Waals surface area contributed by atoms with Gasteiger partial charge in [-0.05, 0) is 18.6 Å². The van der Waals surface area contributed by atoms with Gasteiger partial charge in [-0.1, -0.05) is 18.2 Å². The molecule has 130 valence electrons. The van der Waals surface area contributed by atoms with Gasteiger partial charge >= 0.3 is 5.69 Å². The minimum absolute atomic E-state index is 0.0695. The van der Waals surface area contributed by atoms with Gasteiger partial charge in [0.2, 0.25) is 5.95 Å². The van der Waals surface area contributed by atoms with Gasteiger partial charge in [-0.25, -0.2) is 4.79 Å². The molecule has 3 aromatic rings. The van der Waals surface area contributed by atoms with Crippen molar-refractivity contribution in [3.05, 3.63) is 51.2 Å². The van der Waals surface area contributed by atoms with E-state index in [1.807, 2.05) is 39.8 Å². The number of fused-ring (bicyclic) bond motifs is 3. The van der Waals surface area contributed by atoms with Gasteiger partial charge in [-0.2, -0.15) is 4.98 Å². The van der Waals surface area contributed by atoms with Gasteiger partial charge in [0.15, 0.2) is 11.2 Å². The molecule has 0 bridgehead atoms. The quantitative estimate of drug-likeness (QED) is 0.744. The summed E-state index contributed by atoms with van der Waals surface area (Å²) in [5, 5.41) is 9.02. The summed E-state index contributed by atoms with van der Waals surface area (Å²) in [5.74, 6) is 0.674. The predicted molar refractivity (Wildman–Crippen MR) is 94.4 cm³/mol. The third-order valence-corrected chi connectivity index (χ3v) is 4.61. The summed E-state index contributed by atoms with van der Waals surface area (Å²) in [7, 11) is 1.62. The van der Waals surface area contributed by atoms with E-state index in [1.54, 1.807) is 7.05 Å². The Bertz CT molecular complexity index is 1050. The first-order chi connectivity index (χ1) is 12.1. The first-order valence-corrected chi connectivity index (χ1v) is 8.27. The van der Waals surface area contributed by atoms with Crippen LogP contribution in [0.15, 0.2) is 39.9 Å². The molecular formula is C17H19N5O3. The van der Waals surface area contributed by atoms with Crippen molar-refractivity contribution in [3.63, 3.8) is 0 Å². The summed E-state index contributed by atoms with van der Waals surface area (Å²) in [6, 6.07) is 9.85. The zero-order valence-corrected chi connectivity index (χ0v) is 13.9. The Balaban J connectivity index is 1.94. The van der Waals surface area contributed by atoms with Gasteiger partial charge in [-0.15, -0.1) is 0 Å². The van der Waals surface area contributed by atoms with Crippen LogP contribution in [0.5, 0.6) is 0 Å². The summed E-state index contributed by atoms with van der Waals surface area (Å²) >= 11 is 0. The zero-order valence-electron chi connectivity index (χ0n) is 13.9. The number of aliphatic hydroxyl groups excluding tert-OH is 1. The highest BCUT2D eigenvalue weighted by Gasteiger charge is 2.28. The number of aryl methyl sites for hydroxylation is 1. The molecule has 8 heteroatoms. The second-order valence-corrected chi connectivity index (χ2v) is 6.10. The van der Waals surface area contributed by atoms with E-state index in [9.17, 15) is 9.59 Å². The van der Waals surface area contributed by atoms with Crippen LogP contribution in [0.2, 0.25) is 0 Å². The Morgan fingerprint density at radius 1 is 1.16 bits per heavy atom. The third kappa shape index (κ3) is 2.29. The van der Waals surface area contributed by atoms with Gasteiger partial charge in [-0.3, -0.25) is 13.9 Å². The van der Waals surface area contributed by atoms with Crippen LogP contribution in [0, 0.1) is 0 Å². The summed E-state index contributed by atoms with van der Waals surface area (Å²) in [4.78, 5) is 32.0. The number of aliphatic hydroxyl groups is 1. The first kappa shape index (κ1) is 15.6. The van der Waals surface area contributed by atoms with Crippen LogP contribution < -0.4 is 16.1 Å². The number of benzene rings is 1. The molecule has 0 saturated carbocycles. The molecule has 0 fully saturated rings. The molecule has 0 spiro atoms. The smallest absolute Gasteiger partial charge is 0.332 e. The fourth-order valence-corrected chi connectivity index (χ4v) is 3.36. The fourth-order valence-electron chi connectivity index (χ4n) is 3.36. The number of aromatic nitrogens is 4. The summed E-state index contributed by atoms with van der Waals surface area (Å²) in [6.45, 7) is 1.48. The lowest BCUT2D eigenvalue weighted by atomic mass is 10.3. The van der Waals surface area contributed by atoms with E-state index in [0.29, 0.717) is 30.1 Å². The van der Waals surface area contributed by atoms with E-state index in [0.717, 1.165) is 12.2 Å². The highest BCUT2D eigenvalue weighted by molar-refractivity contribution is 5.77. The molecule has 4 rings (SSSR count). The molecule has 25 heavy (non-hydrogen) atoms. The van der Waals surface area contributed by atoms with Crippen LogP contribution in [0.1, 0.15) is 6.42 Å². The van der Waals surface area contributed by atoms with Crippen molar-refractivity contribution in [2.24, 2.45) is 7.05 Å². The molecular weight excluding hydrogens is 322 g/mol. The molecule has 0 amide bonds. The highest BCUT2D eigenvalue weighted by Crippen LogP contribution is 2.31. The van der Waals surface area contributed by atoms with Crippen LogP contribution in [0.4, 0.5) is 11.6 Å². The minimum atomic E-state index is -0.408. The van der Waals surface area contributed by atoms with Crippen molar-refractivity contribution in [1.82, 2.24) is 18.7 Å². The molecule has 0 saturated heterocycles. The van der Waals surface area contributed by atoms with Crippen LogP contribution in [0.3, 0.4) is 0 Å². The minimum Gasteiger partial charge on any atom is -0.396 e. The number of hydrogen-bond donors (Lipinski definition) is 1. The van der Waals surface area contributed by atoms with Gasteiger partial charge in [0.05, 0.1) is 0 Å². The normalized spacial score (nSPS) is 13.6. The van der Waals surface area contributed by atoms with E-state index in [1.165, 1.54) is 9.13 Å². The molecule has 0 radical (unpaired) electrons. The average Bonchev–Trinajstić information content (AvgIpc) is 3.20. The van der Waals surface area contributed by atoms with E-state index in [4.69, 9.17) is 5.11 Å². The number of anilines is 2. The maximum atomic E-state index is 12.9. The molecule has 0 aliphatic carbocycles. The molecule has 1 aromatic carbocycles. The van der Waals surface area contributed by atoms with Crippen LogP contribution in [-0.4, -0.2) is 36.9 Å². The lowest BCUT2D eigenvalue weighted by molar-refractivity contribution is 0.277. The molecule has 8 nitrogen and oxygen atoms in total. The van der Waals surface area contributed by atoms with Crippen LogP contribution in [-0.2, 0) is 20.1 Å². The predicted octanol–water partition coefficient (Wildman–Crippen LogP) is 0.431. The maximum absolute atomic E-state index is 12.9. The molecule has 3 heterocycles. The Morgan fingerprint density at radius 2 is 1.92 bits per heavy atom. The van der Waals surface area contributed by atoms with Crippen LogP contribution in [0.25, 0.3) is 11.2 Å². The van der Waals surface area contributed by atoms with Crippen molar-refractivity contribution in [2.45, 2.75) is 19.5 Å². The standard InChI is InChI=1S/C17H19N5O3/c1-19-14-13(15(24)22(17(19)25)8-5-11-23)21-10-9-20(16(21)18-14)12-6-3-2-4-7-12/h2-4,6-7,23H,5,8-11H2,1H3. The van der Waals surface area contributed by atoms with Crippen molar-refractivity contribution < 1.29 is 5.11 Å². The maximum Gasteiger partial charge on any atom is 0.332 e. The first-order valence-electron chi connectivity index (χ1n) is 8.27. The monoisotopic (exact) mass is 341 g/mol. The van der Waals surface area contributed by atoms with Crippen molar-refractivity contribution >= 4 is 22.8 Å². The molecule has 0 unspecified atom stereocenters. The summed E-state index contributed by atoms with van der Waals surface area (Å²) < 4.78 is 4.46. The molecule has 0 atom stereocenters. The molecule has 1 aliphatic rings. The average molecular weight is 341 g/mol. The number of nitrogens with zero attached hydrogens (tertiary/aromatic N) is 5. The van der Waals surface area contributed by atoms with Gasteiger partial charge < -0.3 is 14.6 Å². The van der Waals surface area contributed by atoms with Gasteiger partial charge in [0.1, 0.15) is 0 Å². The van der Waals surface area contributed by atoms with Crippen molar-refractivity contribution in [1.29, 1.82) is 0 Å². The van der Waals surface area contributed by atoms with E-state index in [2.05, 4.69) is 4.98 Å². The molecule has 1 aliphatic heterocycles. The Hall–Kier alpha value is -2.87. The van der Waals surface area contributed by atoms with E-state index < -0.39 is 5.69 Å². The third-order valence-electron chi connectivity index (χ3n) is 4.61. The van der Waals surface area contributed by atoms with Crippen molar-refractivity contribution in [2.75, 3.05) is 18.1 Å². The number of hydrogen-bond acceptors (Lipinski definition) is 5.